The highest BCUT2D eigenvalue weighted by Gasteiger charge is 2.34. The standard InChI is InChI=1S/C22H22ClF3N2O2/c23-18-2-1-3-19(20(18)14-4-6-15(7-5-14)22(24,25)26)28-21(29)30-12-13-10-16-8-9-17(11-13)27-16/h1-7,13,16-17,27H,8-12H2,(H,28,29). The summed E-state index contributed by atoms with van der Waals surface area (Å²) < 4.78 is 44.0. The number of halogens is 4. The van der Waals surface area contributed by atoms with Crippen molar-refractivity contribution in [3.8, 4) is 11.1 Å². The van der Waals surface area contributed by atoms with Crippen LogP contribution in [0.2, 0.25) is 5.02 Å². The van der Waals surface area contributed by atoms with Gasteiger partial charge in [0.1, 0.15) is 0 Å². The molecule has 0 aliphatic carbocycles. The van der Waals surface area contributed by atoms with Crippen LogP contribution in [-0.4, -0.2) is 24.8 Å². The number of fused-ring (bicyclic) bond motifs is 2. The van der Waals surface area contributed by atoms with Gasteiger partial charge in [-0.2, -0.15) is 13.2 Å². The summed E-state index contributed by atoms with van der Waals surface area (Å²) >= 11 is 6.29. The molecule has 4 rings (SSSR count). The molecule has 1 amide bonds. The molecule has 2 bridgehead atoms. The molecule has 2 atom stereocenters. The summed E-state index contributed by atoms with van der Waals surface area (Å²) in [7, 11) is 0. The fourth-order valence-corrected chi connectivity index (χ4v) is 4.68. The molecule has 2 aliphatic heterocycles. The van der Waals surface area contributed by atoms with E-state index in [-0.39, 0.29) is 0 Å². The Bertz CT molecular complexity index is 906. The van der Waals surface area contributed by atoms with Crippen LogP contribution in [0.25, 0.3) is 11.1 Å². The van der Waals surface area contributed by atoms with Gasteiger partial charge in [0.15, 0.2) is 0 Å². The van der Waals surface area contributed by atoms with Gasteiger partial charge < -0.3 is 10.1 Å². The lowest BCUT2D eigenvalue weighted by atomic mass is 9.93. The molecular weight excluding hydrogens is 417 g/mol. The topological polar surface area (TPSA) is 50.4 Å². The molecule has 2 saturated heterocycles. The zero-order valence-electron chi connectivity index (χ0n) is 16.1. The second-order valence-corrected chi connectivity index (χ2v) is 8.34. The van der Waals surface area contributed by atoms with Crippen LogP contribution in [0.5, 0.6) is 0 Å². The minimum atomic E-state index is -4.42. The van der Waals surface area contributed by atoms with Crippen LogP contribution >= 0.6 is 11.6 Å². The highest BCUT2D eigenvalue weighted by atomic mass is 35.5. The van der Waals surface area contributed by atoms with E-state index < -0.39 is 17.8 Å². The number of anilines is 1. The molecule has 0 aromatic heterocycles. The van der Waals surface area contributed by atoms with Crippen LogP contribution < -0.4 is 10.6 Å². The molecule has 0 radical (unpaired) electrons. The number of benzene rings is 2. The van der Waals surface area contributed by atoms with Gasteiger partial charge in [-0.1, -0.05) is 29.8 Å². The second-order valence-electron chi connectivity index (χ2n) is 7.94. The maximum atomic E-state index is 12.8. The fourth-order valence-electron chi connectivity index (χ4n) is 4.40. The number of amides is 1. The number of piperidine rings is 1. The molecule has 8 heteroatoms. The van der Waals surface area contributed by atoms with Crippen LogP contribution in [0.4, 0.5) is 23.7 Å². The van der Waals surface area contributed by atoms with E-state index in [1.807, 2.05) is 0 Å². The Hall–Kier alpha value is -2.25. The minimum absolute atomic E-state index is 0.322. The molecule has 2 heterocycles. The summed E-state index contributed by atoms with van der Waals surface area (Å²) in [6, 6.07) is 10.6. The summed E-state index contributed by atoms with van der Waals surface area (Å²) in [4.78, 5) is 12.4. The Balaban J connectivity index is 1.44. The van der Waals surface area contributed by atoms with Crippen molar-refractivity contribution in [1.82, 2.24) is 5.32 Å². The van der Waals surface area contributed by atoms with E-state index in [1.54, 1.807) is 18.2 Å². The van der Waals surface area contributed by atoms with E-state index in [9.17, 15) is 18.0 Å². The number of hydrogen-bond donors (Lipinski definition) is 2. The lowest BCUT2D eigenvalue weighted by molar-refractivity contribution is -0.137. The average Bonchev–Trinajstić information content (AvgIpc) is 3.04. The van der Waals surface area contributed by atoms with Crippen molar-refractivity contribution in [3.05, 3.63) is 53.1 Å². The first-order valence-corrected chi connectivity index (χ1v) is 10.3. The van der Waals surface area contributed by atoms with E-state index >= 15 is 0 Å². The summed E-state index contributed by atoms with van der Waals surface area (Å²) in [5.41, 5.74) is 0.560. The van der Waals surface area contributed by atoms with E-state index in [0.717, 1.165) is 25.0 Å². The maximum absolute atomic E-state index is 12.8. The highest BCUT2D eigenvalue weighted by Crippen LogP contribution is 2.37. The first kappa shape index (κ1) is 21.0. The molecule has 2 fully saturated rings. The maximum Gasteiger partial charge on any atom is 0.416 e. The summed E-state index contributed by atoms with van der Waals surface area (Å²) in [5.74, 6) is 0.336. The summed E-state index contributed by atoms with van der Waals surface area (Å²) in [6.07, 6.45) is -0.678. The molecule has 30 heavy (non-hydrogen) atoms. The van der Waals surface area contributed by atoms with E-state index in [2.05, 4.69) is 10.6 Å². The van der Waals surface area contributed by atoms with E-state index in [1.165, 1.54) is 25.0 Å². The Labute approximate surface area is 177 Å². The lowest BCUT2D eigenvalue weighted by Gasteiger charge is -2.28. The minimum Gasteiger partial charge on any atom is -0.449 e. The molecular formula is C22H22ClF3N2O2. The largest absolute Gasteiger partial charge is 0.449 e. The quantitative estimate of drug-likeness (QED) is 0.606. The van der Waals surface area contributed by atoms with Gasteiger partial charge >= 0.3 is 12.3 Å². The Morgan fingerprint density at radius 3 is 2.40 bits per heavy atom. The Morgan fingerprint density at radius 1 is 1.10 bits per heavy atom. The van der Waals surface area contributed by atoms with Crippen molar-refractivity contribution >= 4 is 23.4 Å². The van der Waals surface area contributed by atoms with Gasteiger partial charge in [0, 0.05) is 17.6 Å². The Kier molecular flexibility index (Phi) is 5.93. The number of ether oxygens (including phenoxy) is 1. The van der Waals surface area contributed by atoms with Gasteiger partial charge in [-0.15, -0.1) is 0 Å². The monoisotopic (exact) mass is 438 g/mol. The average molecular weight is 439 g/mol. The molecule has 0 spiro atoms. The van der Waals surface area contributed by atoms with Crippen LogP contribution in [0.15, 0.2) is 42.5 Å². The predicted octanol–water partition coefficient (Wildman–Crippen LogP) is 6.10. The first-order chi connectivity index (χ1) is 14.3. The second kappa shape index (κ2) is 8.47. The molecule has 2 unspecified atom stereocenters. The third-order valence-electron chi connectivity index (χ3n) is 5.77. The third-order valence-corrected chi connectivity index (χ3v) is 6.09. The lowest BCUT2D eigenvalue weighted by Crippen LogP contribution is -2.39. The van der Waals surface area contributed by atoms with Crippen molar-refractivity contribution < 1.29 is 22.7 Å². The zero-order valence-corrected chi connectivity index (χ0v) is 16.9. The van der Waals surface area contributed by atoms with Gasteiger partial charge in [-0.3, -0.25) is 5.32 Å². The number of carbonyl (C=O) groups excluding carboxylic acids is 1. The number of nitrogens with one attached hydrogen (secondary N) is 2. The molecule has 2 aromatic carbocycles. The zero-order chi connectivity index (χ0) is 21.3. The van der Waals surface area contributed by atoms with Crippen molar-refractivity contribution in [3.63, 3.8) is 0 Å². The van der Waals surface area contributed by atoms with Gasteiger partial charge in [0.2, 0.25) is 0 Å². The van der Waals surface area contributed by atoms with Gasteiger partial charge in [0.25, 0.3) is 0 Å². The third kappa shape index (κ3) is 4.73. The van der Waals surface area contributed by atoms with E-state index in [4.69, 9.17) is 16.3 Å². The van der Waals surface area contributed by atoms with E-state index in [0.29, 0.717) is 46.4 Å². The Morgan fingerprint density at radius 2 is 1.77 bits per heavy atom. The van der Waals surface area contributed by atoms with Crippen LogP contribution in [0.3, 0.4) is 0 Å². The molecule has 2 N–H and O–H groups in total. The molecule has 2 aromatic rings. The first-order valence-electron chi connectivity index (χ1n) is 9.95. The van der Waals surface area contributed by atoms with Crippen molar-refractivity contribution in [1.29, 1.82) is 0 Å². The van der Waals surface area contributed by atoms with Crippen LogP contribution in [0.1, 0.15) is 31.2 Å². The molecule has 4 nitrogen and oxygen atoms in total. The smallest absolute Gasteiger partial charge is 0.416 e. The number of alkyl halides is 3. The molecule has 160 valence electrons. The van der Waals surface area contributed by atoms with Gasteiger partial charge in [-0.25, -0.2) is 4.79 Å². The highest BCUT2D eigenvalue weighted by molar-refractivity contribution is 6.34. The van der Waals surface area contributed by atoms with Gasteiger partial charge in [0.05, 0.1) is 22.9 Å². The fraction of sp³-hybridized carbons (Fsp3) is 0.409. The SMILES string of the molecule is O=C(Nc1cccc(Cl)c1-c1ccc(C(F)(F)F)cc1)OCC1CC2CCC(C1)N2. The van der Waals surface area contributed by atoms with Crippen molar-refractivity contribution in [2.24, 2.45) is 5.92 Å². The summed E-state index contributed by atoms with van der Waals surface area (Å²) in [5, 5.41) is 6.56. The van der Waals surface area contributed by atoms with Crippen LogP contribution in [-0.2, 0) is 10.9 Å². The van der Waals surface area contributed by atoms with Gasteiger partial charge in [-0.05, 0) is 61.4 Å². The molecule has 2 aliphatic rings. The normalized spacial score (nSPS) is 23.3. The van der Waals surface area contributed by atoms with Crippen molar-refractivity contribution in [2.75, 3.05) is 11.9 Å². The number of hydrogen-bond acceptors (Lipinski definition) is 3. The van der Waals surface area contributed by atoms with Crippen LogP contribution in [0, 0.1) is 5.92 Å². The molecule has 0 saturated carbocycles. The number of carbonyl (C=O) groups is 1. The van der Waals surface area contributed by atoms with Crippen molar-refractivity contribution in [2.45, 2.75) is 43.9 Å². The predicted molar refractivity (Wildman–Crippen MR) is 110 cm³/mol. The summed E-state index contributed by atoms with van der Waals surface area (Å²) in [6.45, 7) is 0.344. The number of rotatable bonds is 4.